The lowest BCUT2D eigenvalue weighted by Gasteiger charge is -2.31. The van der Waals surface area contributed by atoms with Gasteiger partial charge in [-0.3, -0.25) is 14.3 Å². The fourth-order valence-electron chi connectivity index (χ4n) is 3.55. The SMILES string of the molecule is CCn1cc(NC(=O)C2CCN(C(=O)CC[C@@H]3CCCO3)CC2)cn1. The van der Waals surface area contributed by atoms with Crippen LogP contribution in [0.1, 0.15) is 45.4 Å². The number of nitrogens with one attached hydrogen (secondary N) is 1. The highest BCUT2D eigenvalue weighted by atomic mass is 16.5. The molecule has 138 valence electrons. The zero-order valence-electron chi connectivity index (χ0n) is 14.9. The molecule has 0 unspecified atom stereocenters. The number of amides is 2. The maximum Gasteiger partial charge on any atom is 0.227 e. The zero-order chi connectivity index (χ0) is 17.6. The van der Waals surface area contributed by atoms with Gasteiger partial charge in [-0.25, -0.2) is 0 Å². The van der Waals surface area contributed by atoms with Crippen molar-refractivity contribution in [1.82, 2.24) is 14.7 Å². The largest absolute Gasteiger partial charge is 0.378 e. The summed E-state index contributed by atoms with van der Waals surface area (Å²) in [5, 5.41) is 7.09. The fourth-order valence-corrected chi connectivity index (χ4v) is 3.55. The molecule has 0 radical (unpaired) electrons. The molecule has 2 amide bonds. The van der Waals surface area contributed by atoms with Crippen molar-refractivity contribution in [3.63, 3.8) is 0 Å². The van der Waals surface area contributed by atoms with Crippen LogP contribution in [-0.4, -0.2) is 52.3 Å². The van der Waals surface area contributed by atoms with E-state index in [1.54, 1.807) is 10.9 Å². The van der Waals surface area contributed by atoms with Gasteiger partial charge in [-0.2, -0.15) is 5.10 Å². The van der Waals surface area contributed by atoms with E-state index in [1.807, 2.05) is 18.0 Å². The maximum atomic E-state index is 12.4. The molecular formula is C18H28N4O3. The molecule has 1 atom stereocenters. The number of piperidine rings is 1. The summed E-state index contributed by atoms with van der Waals surface area (Å²) >= 11 is 0. The van der Waals surface area contributed by atoms with Crippen LogP contribution in [0.25, 0.3) is 0 Å². The van der Waals surface area contributed by atoms with Gasteiger partial charge < -0.3 is 15.0 Å². The van der Waals surface area contributed by atoms with Gasteiger partial charge in [0.15, 0.2) is 0 Å². The number of carbonyl (C=O) groups excluding carboxylic acids is 2. The standard InChI is InChI=1S/C18H28N4O3/c1-2-22-13-15(12-19-22)20-18(24)14-7-9-21(10-8-14)17(23)6-5-16-4-3-11-25-16/h12-14,16H,2-11H2,1H3,(H,20,24)/t16-/m0/s1. The van der Waals surface area contributed by atoms with Crippen molar-refractivity contribution in [3.05, 3.63) is 12.4 Å². The highest BCUT2D eigenvalue weighted by Gasteiger charge is 2.28. The number of anilines is 1. The third kappa shape index (κ3) is 4.81. The second-order valence-corrected chi connectivity index (χ2v) is 6.90. The van der Waals surface area contributed by atoms with Gasteiger partial charge in [-0.1, -0.05) is 0 Å². The molecule has 2 fully saturated rings. The first-order valence-electron chi connectivity index (χ1n) is 9.38. The molecule has 2 saturated heterocycles. The quantitative estimate of drug-likeness (QED) is 0.853. The lowest BCUT2D eigenvalue weighted by Crippen LogP contribution is -2.41. The number of ether oxygens (including phenoxy) is 1. The zero-order valence-corrected chi connectivity index (χ0v) is 14.9. The van der Waals surface area contributed by atoms with Gasteiger partial charge >= 0.3 is 0 Å². The second kappa shape index (κ2) is 8.47. The van der Waals surface area contributed by atoms with Crippen molar-refractivity contribution < 1.29 is 14.3 Å². The van der Waals surface area contributed by atoms with E-state index in [1.165, 1.54) is 0 Å². The monoisotopic (exact) mass is 348 g/mol. The molecular weight excluding hydrogens is 320 g/mol. The first-order chi connectivity index (χ1) is 12.2. The normalized spacial score (nSPS) is 21.5. The van der Waals surface area contributed by atoms with Crippen LogP contribution < -0.4 is 5.32 Å². The second-order valence-electron chi connectivity index (χ2n) is 6.90. The first kappa shape index (κ1) is 17.9. The van der Waals surface area contributed by atoms with Gasteiger partial charge in [0, 0.05) is 44.8 Å². The summed E-state index contributed by atoms with van der Waals surface area (Å²) in [5.41, 5.74) is 0.738. The summed E-state index contributed by atoms with van der Waals surface area (Å²) in [6.45, 7) is 4.94. The number of rotatable bonds is 6. The van der Waals surface area contributed by atoms with E-state index in [-0.39, 0.29) is 23.8 Å². The minimum Gasteiger partial charge on any atom is -0.378 e. The van der Waals surface area contributed by atoms with Crippen LogP contribution >= 0.6 is 0 Å². The third-order valence-corrected chi connectivity index (χ3v) is 5.15. The van der Waals surface area contributed by atoms with Crippen LogP contribution in [0.4, 0.5) is 5.69 Å². The van der Waals surface area contributed by atoms with Gasteiger partial charge in [0.2, 0.25) is 11.8 Å². The van der Waals surface area contributed by atoms with E-state index in [2.05, 4.69) is 10.4 Å². The van der Waals surface area contributed by atoms with Crippen LogP contribution in [0.15, 0.2) is 12.4 Å². The Morgan fingerprint density at radius 3 is 2.76 bits per heavy atom. The summed E-state index contributed by atoms with van der Waals surface area (Å²) in [6, 6.07) is 0. The minimum atomic E-state index is -0.0350. The van der Waals surface area contributed by atoms with Crippen molar-refractivity contribution in [1.29, 1.82) is 0 Å². The van der Waals surface area contributed by atoms with E-state index in [9.17, 15) is 9.59 Å². The van der Waals surface area contributed by atoms with Crippen LogP contribution in [0, 0.1) is 5.92 Å². The lowest BCUT2D eigenvalue weighted by molar-refractivity contribution is -0.135. The molecule has 1 aromatic rings. The number of hydrogen-bond donors (Lipinski definition) is 1. The van der Waals surface area contributed by atoms with Crippen LogP contribution in [0.3, 0.4) is 0 Å². The maximum absolute atomic E-state index is 12.4. The molecule has 3 heterocycles. The number of nitrogens with zero attached hydrogens (tertiary/aromatic N) is 3. The van der Waals surface area contributed by atoms with Gasteiger partial charge in [-0.05, 0) is 39.0 Å². The van der Waals surface area contributed by atoms with Crippen LogP contribution in [0.2, 0.25) is 0 Å². The number of aryl methyl sites for hydroxylation is 1. The van der Waals surface area contributed by atoms with Gasteiger partial charge in [0.1, 0.15) is 0 Å². The van der Waals surface area contributed by atoms with E-state index in [0.717, 1.165) is 50.9 Å². The Labute approximate surface area is 148 Å². The predicted octanol–water partition coefficient (Wildman–Crippen LogP) is 2.04. The molecule has 2 aliphatic heterocycles. The summed E-state index contributed by atoms with van der Waals surface area (Å²) in [7, 11) is 0. The average molecular weight is 348 g/mol. The molecule has 2 aliphatic rings. The molecule has 7 heteroatoms. The molecule has 1 aromatic heterocycles. The summed E-state index contributed by atoms with van der Waals surface area (Å²) in [6.07, 6.45) is 8.77. The Kier molecular flexibility index (Phi) is 6.07. The van der Waals surface area contributed by atoms with Crippen molar-refractivity contribution in [2.24, 2.45) is 5.92 Å². The smallest absolute Gasteiger partial charge is 0.227 e. The Hall–Kier alpha value is -1.89. The van der Waals surface area contributed by atoms with Gasteiger partial charge in [0.25, 0.3) is 0 Å². The highest BCUT2D eigenvalue weighted by molar-refractivity contribution is 5.92. The van der Waals surface area contributed by atoms with E-state index < -0.39 is 0 Å². The Balaban J connectivity index is 1.39. The summed E-state index contributed by atoms with van der Waals surface area (Å²) in [5.74, 6) is 0.188. The minimum absolute atomic E-state index is 0.0297. The third-order valence-electron chi connectivity index (χ3n) is 5.15. The lowest BCUT2D eigenvalue weighted by atomic mass is 9.95. The summed E-state index contributed by atoms with van der Waals surface area (Å²) in [4.78, 5) is 26.6. The molecule has 7 nitrogen and oxygen atoms in total. The Bertz CT molecular complexity index is 587. The average Bonchev–Trinajstić information content (AvgIpc) is 3.31. The molecule has 25 heavy (non-hydrogen) atoms. The molecule has 1 N–H and O–H groups in total. The molecule has 0 saturated carbocycles. The van der Waals surface area contributed by atoms with Crippen molar-refractivity contribution >= 4 is 17.5 Å². The van der Waals surface area contributed by atoms with E-state index in [0.29, 0.717) is 19.5 Å². The van der Waals surface area contributed by atoms with Crippen molar-refractivity contribution in [2.75, 3.05) is 25.0 Å². The number of aromatic nitrogens is 2. The Morgan fingerprint density at radius 1 is 1.32 bits per heavy atom. The van der Waals surface area contributed by atoms with E-state index >= 15 is 0 Å². The molecule has 0 bridgehead atoms. The van der Waals surface area contributed by atoms with Crippen LogP contribution in [0.5, 0.6) is 0 Å². The van der Waals surface area contributed by atoms with Crippen molar-refractivity contribution in [2.45, 2.75) is 58.1 Å². The number of hydrogen-bond acceptors (Lipinski definition) is 4. The van der Waals surface area contributed by atoms with E-state index in [4.69, 9.17) is 4.74 Å². The first-order valence-corrected chi connectivity index (χ1v) is 9.38. The molecule has 0 aromatic carbocycles. The number of likely N-dealkylation sites (tertiary alicyclic amines) is 1. The van der Waals surface area contributed by atoms with Gasteiger partial charge in [0.05, 0.1) is 18.0 Å². The molecule has 0 spiro atoms. The highest BCUT2D eigenvalue weighted by Crippen LogP contribution is 2.22. The Morgan fingerprint density at radius 2 is 2.12 bits per heavy atom. The fraction of sp³-hybridized carbons (Fsp3) is 0.722. The molecule has 0 aliphatic carbocycles. The topological polar surface area (TPSA) is 76.5 Å². The summed E-state index contributed by atoms with van der Waals surface area (Å²) < 4.78 is 7.36. The van der Waals surface area contributed by atoms with Crippen molar-refractivity contribution in [3.8, 4) is 0 Å². The van der Waals surface area contributed by atoms with Gasteiger partial charge in [-0.15, -0.1) is 0 Å². The predicted molar refractivity (Wildman–Crippen MR) is 94.0 cm³/mol. The molecule has 3 rings (SSSR count). The van der Waals surface area contributed by atoms with Crippen LogP contribution in [-0.2, 0) is 20.9 Å². The number of carbonyl (C=O) groups is 2.